The Balaban J connectivity index is 1.79. The number of benzene rings is 2. The lowest BCUT2D eigenvalue weighted by molar-refractivity contribution is -0.143. The van der Waals surface area contributed by atoms with Gasteiger partial charge in [0.05, 0.1) is 12.5 Å². The molecule has 0 fully saturated rings. The summed E-state index contributed by atoms with van der Waals surface area (Å²) in [4.78, 5) is 12.2. The van der Waals surface area contributed by atoms with Crippen LogP contribution in [0.25, 0.3) is 0 Å². The molecule has 0 saturated heterocycles. The first-order chi connectivity index (χ1) is 13.3. The second kappa shape index (κ2) is 8.26. The Morgan fingerprint density at radius 2 is 1.86 bits per heavy atom. The molecule has 0 saturated carbocycles. The molecule has 1 atom stereocenters. The molecule has 1 aliphatic carbocycles. The van der Waals surface area contributed by atoms with E-state index in [1.165, 1.54) is 16.7 Å². The van der Waals surface area contributed by atoms with Gasteiger partial charge in [0.1, 0.15) is 11.5 Å². The number of rotatable bonds is 5. The molecule has 150 valence electrons. The van der Waals surface area contributed by atoms with Crippen LogP contribution in [0.1, 0.15) is 56.7 Å². The Morgan fingerprint density at radius 1 is 1.11 bits per heavy atom. The molecule has 3 rings (SSSR count). The van der Waals surface area contributed by atoms with Crippen LogP contribution in [-0.2, 0) is 17.6 Å². The Morgan fingerprint density at radius 3 is 2.54 bits per heavy atom. The zero-order chi connectivity index (χ0) is 20.3. The summed E-state index contributed by atoms with van der Waals surface area (Å²) in [7, 11) is 1.70. The van der Waals surface area contributed by atoms with Gasteiger partial charge in [0.25, 0.3) is 0 Å². The molecular formula is C24H31NO3. The maximum Gasteiger partial charge on any atom is 0.316 e. The van der Waals surface area contributed by atoms with Crippen molar-refractivity contribution in [2.24, 2.45) is 5.41 Å². The van der Waals surface area contributed by atoms with Crippen LogP contribution in [0.5, 0.6) is 11.5 Å². The number of fused-ring (bicyclic) bond motifs is 1. The predicted molar refractivity (Wildman–Crippen MR) is 113 cm³/mol. The molecule has 0 amide bonds. The Kier molecular flexibility index (Phi) is 5.97. The van der Waals surface area contributed by atoms with Crippen molar-refractivity contribution in [3.63, 3.8) is 0 Å². The van der Waals surface area contributed by atoms with Crippen molar-refractivity contribution in [2.45, 2.75) is 52.9 Å². The lowest BCUT2D eigenvalue weighted by atomic mass is 9.79. The number of carbonyl (C=O) groups excluding carboxylic acids is 1. The van der Waals surface area contributed by atoms with Crippen molar-refractivity contribution in [1.82, 2.24) is 0 Å². The quantitative estimate of drug-likeness (QED) is 0.560. The fourth-order valence-electron chi connectivity index (χ4n) is 3.68. The second-order valence-electron chi connectivity index (χ2n) is 8.49. The minimum atomic E-state index is -0.502. The van der Waals surface area contributed by atoms with Gasteiger partial charge in [0, 0.05) is 18.3 Å². The van der Waals surface area contributed by atoms with Gasteiger partial charge >= 0.3 is 5.97 Å². The number of anilines is 1. The molecule has 2 aromatic carbocycles. The van der Waals surface area contributed by atoms with Crippen LogP contribution >= 0.6 is 0 Å². The highest BCUT2D eigenvalue weighted by atomic mass is 16.5. The number of methoxy groups -OCH3 is 1. The molecule has 2 aromatic rings. The van der Waals surface area contributed by atoms with Crippen LogP contribution in [0, 0.1) is 5.41 Å². The average Bonchev–Trinajstić information content (AvgIpc) is 2.67. The van der Waals surface area contributed by atoms with Crippen molar-refractivity contribution < 1.29 is 14.3 Å². The summed E-state index contributed by atoms with van der Waals surface area (Å²) < 4.78 is 11.0. The molecule has 0 heterocycles. The van der Waals surface area contributed by atoms with E-state index < -0.39 is 5.41 Å². The standard InChI is InChI=1S/C24H31NO3/c1-6-25-22-15-19(27-5)11-12-21(22)18-8-7-17-14-20(10-9-16(17)13-18)28-23(26)24(2,3)4/h9-12,14-15,18,25H,6-8,13H2,1-5H3/t18-/m1/s1. The fraction of sp³-hybridized carbons (Fsp3) is 0.458. The van der Waals surface area contributed by atoms with Gasteiger partial charge in [0.2, 0.25) is 0 Å². The summed E-state index contributed by atoms with van der Waals surface area (Å²) in [5, 5.41) is 3.48. The number of ether oxygens (including phenoxy) is 2. The van der Waals surface area contributed by atoms with Gasteiger partial charge < -0.3 is 14.8 Å². The van der Waals surface area contributed by atoms with E-state index in [0.29, 0.717) is 11.7 Å². The maximum absolute atomic E-state index is 12.2. The normalized spacial score (nSPS) is 16.2. The van der Waals surface area contributed by atoms with Crippen molar-refractivity contribution in [3.05, 3.63) is 53.1 Å². The summed E-state index contributed by atoms with van der Waals surface area (Å²) in [6.45, 7) is 8.60. The summed E-state index contributed by atoms with van der Waals surface area (Å²) in [6.07, 6.45) is 3.06. The Bertz CT molecular complexity index is 851. The van der Waals surface area contributed by atoms with Gasteiger partial charge in [-0.15, -0.1) is 0 Å². The van der Waals surface area contributed by atoms with Gasteiger partial charge in [-0.05, 0) is 87.8 Å². The van der Waals surface area contributed by atoms with E-state index >= 15 is 0 Å². The van der Waals surface area contributed by atoms with E-state index in [4.69, 9.17) is 9.47 Å². The number of esters is 1. The average molecular weight is 382 g/mol. The molecule has 0 spiro atoms. The third-order valence-corrected chi connectivity index (χ3v) is 5.30. The molecule has 1 aliphatic rings. The monoisotopic (exact) mass is 381 g/mol. The van der Waals surface area contributed by atoms with Crippen molar-refractivity contribution in [2.75, 3.05) is 19.0 Å². The van der Waals surface area contributed by atoms with Crippen molar-refractivity contribution in [3.8, 4) is 11.5 Å². The predicted octanol–water partition coefficient (Wildman–Crippen LogP) is 5.35. The molecule has 1 N–H and O–H groups in total. The van der Waals surface area contributed by atoms with Crippen LogP contribution in [0.3, 0.4) is 0 Å². The molecule has 0 unspecified atom stereocenters. The zero-order valence-electron chi connectivity index (χ0n) is 17.6. The summed E-state index contributed by atoms with van der Waals surface area (Å²) in [6, 6.07) is 12.4. The van der Waals surface area contributed by atoms with Crippen LogP contribution in [0.15, 0.2) is 36.4 Å². The highest BCUT2D eigenvalue weighted by Crippen LogP contribution is 2.38. The van der Waals surface area contributed by atoms with Crippen LogP contribution < -0.4 is 14.8 Å². The largest absolute Gasteiger partial charge is 0.497 e. The topological polar surface area (TPSA) is 47.6 Å². The van der Waals surface area contributed by atoms with Gasteiger partial charge in [-0.1, -0.05) is 12.1 Å². The number of hydrogen-bond donors (Lipinski definition) is 1. The number of nitrogens with one attached hydrogen (secondary N) is 1. The summed E-state index contributed by atoms with van der Waals surface area (Å²) in [5.74, 6) is 1.79. The van der Waals surface area contributed by atoms with Gasteiger partial charge in [0.15, 0.2) is 0 Å². The van der Waals surface area contributed by atoms with E-state index in [2.05, 4.69) is 30.4 Å². The lowest BCUT2D eigenvalue weighted by Gasteiger charge is -2.27. The SMILES string of the molecule is CCNc1cc(OC)ccc1[C@@H]1CCc2cc(OC(=O)C(C)(C)C)ccc2C1. The molecule has 4 nitrogen and oxygen atoms in total. The van der Waals surface area contributed by atoms with Crippen LogP contribution in [0.4, 0.5) is 5.69 Å². The first-order valence-electron chi connectivity index (χ1n) is 10.1. The van der Waals surface area contributed by atoms with E-state index in [1.807, 2.05) is 39.0 Å². The third-order valence-electron chi connectivity index (χ3n) is 5.30. The Hall–Kier alpha value is -2.49. The first kappa shape index (κ1) is 20.2. The molecule has 4 heteroatoms. The minimum Gasteiger partial charge on any atom is -0.497 e. The molecule has 28 heavy (non-hydrogen) atoms. The highest BCUT2D eigenvalue weighted by Gasteiger charge is 2.26. The minimum absolute atomic E-state index is 0.199. The fourth-order valence-corrected chi connectivity index (χ4v) is 3.68. The molecular weight excluding hydrogens is 350 g/mol. The lowest BCUT2D eigenvalue weighted by Crippen LogP contribution is -2.25. The maximum atomic E-state index is 12.2. The highest BCUT2D eigenvalue weighted by molar-refractivity contribution is 5.77. The smallest absolute Gasteiger partial charge is 0.316 e. The number of hydrogen-bond acceptors (Lipinski definition) is 4. The number of aryl methyl sites for hydroxylation is 1. The van der Waals surface area contributed by atoms with E-state index in [1.54, 1.807) is 7.11 Å². The second-order valence-corrected chi connectivity index (χ2v) is 8.49. The van der Waals surface area contributed by atoms with Crippen molar-refractivity contribution in [1.29, 1.82) is 0 Å². The first-order valence-corrected chi connectivity index (χ1v) is 10.1. The van der Waals surface area contributed by atoms with Crippen molar-refractivity contribution >= 4 is 11.7 Å². The van der Waals surface area contributed by atoms with Gasteiger partial charge in [-0.3, -0.25) is 4.79 Å². The zero-order valence-corrected chi connectivity index (χ0v) is 17.6. The molecule has 0 bridgehead atoms. The summed E-state index contributed by atoms with van der Waals surface area (Å²) >= 11 is 0. The van der Waals surface area contributed by atoms with Crippen LogP contribution in [-0.4, -0.2) is 19.6 Å². The summed E-state index contributed by atoms with van der Waals surface area (Å²) in [5.41, 5.74) is 4.62. The van der Waals surface area contributed by atoms with Gasteiger partial charge in [-0.25, -0.2) is 0 Å². The Labute approximate surface area is 168 Å². The number of carbonyl (C=O) groups is 1. The molecule has 0 aliphatic heterocycles. The molecule has 0 radical (unpaired) electrons. The van der Waals surface area contributed by atoms with E-state index in [0.717, 1.165) is 37.2 Å². The third kappa shape index (κ3) is 4.49. The van der Waals surface area contributed by atoms with E-state index in [-0.39, 0.29) is 5.97 Å². The van der Waals surface area contributed by atoms with Crippen LogP contribution in [0.2, 0.25) is 0 Å². The van der Waals surface area contributed by atoms with Gasteiger partial charge in [-0.2, -0.15) is 0 Å². The van der Waals surface area contributed by atoms with E-state index in [9.17, 15) is 4.79 Å². The molecule has 0 aromatic heterocycles.